The van der Waals surface area contributed by atoms with Crippen LogP contribution in [0, 0.1) is 0 Å². The van der Waals surface area contributed by atoms with Gasteiger partial charge in [0.15, 0.2) is 5.78 Å². The summed E-state index contributed by atoms with van der Waals surface area (Å²) in [5.74, 6) is -1.41. The molecule has 0 aliphatic carbocycles. The van der Waals surface area contributed by atoms with E-state index < -0.39 is 11.9 Å². The van der Waals surface area contributed by atoms with Gasteiger partial charge in [-0.2, -0.15) is 0 Å². The molecule has 0 fully saturated rings. The molecule has 6 heteroatoms. The van der Waals surface area contributed by atoms with Crippen LogP contribution >= 0.6 is 0 Å². The summed E-state index contributed by atoms with van der Waals surface area (Å²) in [5, 5.41) is 0.703. The highest BCUT2D eigenvalue weighted by Gasteiger charge is 2.21. The number of ether oxygens (including phenoxy) is 2. The van der Waals surface area contributed by atoms with Crippen molar-refractivity contribution < 1.29 is 23.9 Å². The lowest BCUT2D eigenvalue weighted by molar-refractivity contribution is 0.0519. The van der Waals surface area contributed by atoms with Gasteiger partial charge < -0.3 is 14.5 Å². The molecule has 1 N–H and O–H groups in total. The number of ketones is 1. The van der Waals surface area contributed by atoms with Gasteiger partial charge in [-0.1, -0.05) is 30.3 Å². The van der Waals surface area contributed by atoms with Crippen molar-refractivity contribution in [2.24, 2.45) is 0 Å². The first-order valence-corrected chi connectivity index (χ1v) is 8.07. The zero-order valence-corrected chi connectivity index (χ0v) is 14.4. The summed E-state index contributed by atoms with van der Waals surface area (Å²) in [6, 6.07) is 13.2. The zero-order chi connectivity index (χ0) is 18.7. The fourth-order valence-electron chi connectivity index (χ4n) is 2.78. The van der Waals surface area contributed by atoms with E-state index in [1.165, 1.54) is 13.2 Å². The summed E-state index contributed by atoms with van der Waals surface area (Å²) < 4.78 is 9.74. The molecule has 6 nitrogen and oxygen atoms in total. The molecule has 26 heavy (non-hydrogen) atoms. The number of hydrogen-bond donors (Lipinski definition) is 1. The Morgan fingerprint density at radius 1 is 0.923 bits per heavy atom. The van der Waals surface area contributed by atoms with Gasteiger partial charge in [-0.15, -0.1) is 0 Å². The second-order valence-electron chi connectivity index (χ2n) is 5.54. The van der Waals surface area contributed by atoms with Crippen LogP contribution in [0.15, 0.2) is 48.5 Å². The third-order valence-corrected chi connectivity index (χ3v) is 3.97. The summed E-state index contributed by atoms with van der Waals surface area (Å²) in [6.07, 6.45) is 0. The quantitative estimate of drug-likeness (QED) is 0.563. The maximum Gasteiger partial charge on any atom is 0.354 e. The minimum atomic E-state index is -0.583. The Hall–Kier alpha value is -3.41. The summed E-state index contributed by atoms with van der Waals surface area (Å²) in [7, 11) is 1.26. The molecule has 1 aromatic heterocycles. The van der Waals surface area contributed by atoms with Gasteiger partial charge in [0.05, 0.1) is 24.8 Å². The number of para-hydroxylation sites is 1. The van der Waals surface area contributed by atoms with Crippen molar-refractivity contribution in [2.75, 3.05) is 13.7 Å². The standard InChI is InChI=1S/C20H17NO5/c1-3-26-20(24)16-11-12-7-6-10-15(17(12)21-16)18(22)13-8-4-5-9-14(13)19(23)25-2/h4-11,21H,3H2,1-2H3. The maximum absolute atomic E-state index is 13.1. The number of fused-ring (bicyclic) bond motifs is 1. The summed E-state index contributed by atoms with van der Waals surface area (Å²) in [4.78, 5) is 39.9. The van der Waals surface area contributed by atoms with E-state index in [4.69, 9.17) is 9.47 Å². The topological polar surface area (TPSA) is 85.5 Å². The molecular weight excluding hydrogens is 334 g/mol. The molecule has 0 aliphatic rings. The van der Waals surface area contributed by atoms with Crippen molar-refractivity contribution in [2.45, 2.75) is 6.92 Å². The summed E-state index contributed by atoms with van der Waals surface area (Å²) in [6.45, 7) is 1.98. The molecule has 0 atom stereocenters. The Bertz CT molecular complexity index is 1000. The lowest BCUT2D eigenvalue weighted by atomic mass is 9.97. The van der Waals surface area contributed by atoms with Gasteiger partial charge in [-0.25, -0.2) is 9.59 Å². The Morgan fingerprint density at radius 3 is 2.31 bits per heavy atom. The van der Waals surface area contributed by atoms with Gasteiger partial charge in [0, 0.05) is 16.5 Å². The Kier molecular flexibility index (Phi) is 4.84. The number of carbonyl (C=O) groups is 3. The van der Waals surface area contributed by atoms with E-state index in [9.17, 15) is 14.4 Å². The SMILES string of the molecule is CCOC(=O)c1cc2cccc(C(=O)c3ccccc3C(=O)OC)c2[nH]1. The number of nitrogens with one attached hydrogen (secondary N) is 1. The number of carbonyl (C=O) groups excluding carboxylic acids is 3. The van der Waals surface area contributed by atoms with E-state index in [1.807, 2.05) is 0 Å². The number of H-pyrrole nitrogens is 1. The number of benzene rings is 2. The minimum absolute atomic E-state index is 0.189. The summed E-state index contributed by atoms with van der Waals surface area (Å²) in [5.41, 5.74) is 1.56. The fourth-order valence-corrected chi connectivity index (χ4v) is 2.78. The lowest BCUT2D eigenvalue weighted by Gasteiger charge is -2.08. The number of aromatic amines is 1. The molecule has 3 aromatic rings. The molecule has 0 bridgehead atoms. The molecule has 0 amide bonds. The second kappa shape index (κ2) is 7.23. The Morgan fingerprint density at radius 2 is 1.62 bits per heavy atom. The van der Waals surface area contributed by atoms with Crippen molar-refractivity contribution in [1.82, 2.24) is 4.98 Å². The predicted molar refractivity (Wildman–Crippen MR) is 95.5 cm³/mol. The monoisotopic (exact) mass is 351 g/mol. The molecule has 0 saturated heterocycles. The van der Waals surface area contributed by atoms with Crippen LogP contribution in [0.5, 0.6) is 0 Å². The molecule has 132 valence electrons. The average Bonchev–Trinajstić information content (AvgIpc) is 3.11. The van der Waals surface area contributed by atoms with Crippen LogP contribution in [0.25, 0.3) is 10.9 Å². The highest BCUT2D eigenvalue weighted by molar-refractivity contribution is 6.19. The molecule has 0 radical (unpaired) electrons. The van der Waals surface area contributed by atoms with Crippen LogP contribution < -0.4 is 0 Å². The first-order chi connectivity index (χ1) is 12.6. The molecular formula is C20H17NO5. The average molecular weight is 351 g/mol. The highest BCUT2D eigenvalue weighted by atomic mass is 16.5. The molecule has 0 saturated carbocycles. The zero-order valence-electron chi connectivity index (χ0n) is 14.4. The van der Waals surface area contributed by atoms with Gasteiger partial charge in [0.2, 0.25) is 0 Å². The first-order valence-electron chi connectivity index (χ1n) is 8.07. The van der Waals surface area contributed by atoms with Gasteiger partial charge in [0.25, 0.3) is 0 Å². The largest absolute Gasteiger partial charge is 0.465 e. The molecule has 0 aliphatic heterocycles. The number of aromatic nitrogens is 1. The van der Waals surface area contributed by atoms with Crippen LogP contribution in [-0.4, -0.2) is 36.4 Å². The van der Waals surface area contributed by atoms with E-state index in [2.05, 4.69) is 4.98 Å². The summed E-state index contributed by atoms with van der Waals surface area (Å²) >= 11 is 0. The van der Waals surface area contributed by atoms with Crippen molar-refractivity contribution in [1.29, 1.82) is 0 Å². The van der Waals surface area contributed by atoms with Crippen molar-refractivity contribution >= 4 is 28.6 Å². The van der Waals surface area contributed by atoms with E-state index >= 15 is 0 Å². The van der Waals surface area contributed by atoms with E-state index in [0.717, 1.165) is 0 Å². The Labute approximate surface area is 149 Å². The van der Waals surface area contributed by atoms with Gasteiger partial charge >= 0.3 is 11.9 Å². The van der Waals surface area contributed by atoms with Crippen LogP contribution in [0.2, 0.25) is 0 Å². The van der Waals surface area contributed by atoms with Crippen molar-refractivity contribution in [3.05, 3.63) is 70.9 Å². The smallest absolute Gasteiger partial charge is 0.354 e. The van der Waals surface area contributed by atoms with Crippen LogP contribution in [0.1, 0.15) is 43.7 Å². The van der Waals surface area contributed by atoms with E-state index in [-0.39, 0.29) is 29.2 Å². The lowest BCUT2D eigenvalue weighted by Crippen LogP contribution is -2.11. The number of hydrogen-bond acceptors (Lipinski definition) is 5. The number of rotatable bonds is 5. The van der Waals surface area contributed by atoms with Crippen molar-refractivity contribution in [3.63, 3.8) is 0 Å². The molecule has 2 aromatic carbocycles. The minimum Gasteiger partial charge on any atom is -0.465 e. The number of methoxy groups -OCH3 is 1. The van der Waals surface area contributed by atoms with Gasteiger partial charge in [-0.3, -0.25) is 4.79 Å². The van der Waals surface area contributed by atoms with Crippen LogP contribution in [0.4, 0.5) is 0 Å². The highest BCUT2D eigenvalue weighted by Crippen LogP contribution is 2.24. The third kappa shape index (κ3) is 3.09. The normalized spacial score (nSPS) is 10.5. The third-order valence-electron chi connectivity index (χ3n) is 3.97. The maximum atomic E-state index is 13.1. The van der Waals surface area contributed by atoms with Crippen molar-refractivity contribution in [3.8, 4) is 0 Å². The number of esters is 2. The second-order valence-corrected chi connectivity index (χ2v) is 5.54. The first kappa shape index (κ1) is 17.4. The van der Waals surface area contributed by atoms with Gasteiger partial charge in [0.1, 0.15) is 5.69 Å². The van der Waals surface area contributed by atoms with Crippen LogP contribution in [0.3, 0.4) is 0 Å². The molecule has 0 spiro atoms. The Balaban J connectivity index is 2.10. The van der Waals surface area contributed by atoms with Crippen LogP contribution in [-0.2, 0) is 9.47 Å². The molecule has 3 rings (SSSR count). The molecule has 1 heterocycles. The fraction of sp³-hybridized carbons (Fsp3) is 0.150. The van der Waals surface area contributed by atoms with E-state index in [0.29, 0.717) is 16.5 Å². The molecule has 0 unspecified atom stereocenters. The predicted octanol–water partition coefficient (Wildman–Crippen LogP) is 3.36. The van der Waals surface area contributed by atoms with Gasteiger partial charge in [-0.05, 0) is 25.1 Å². The van der Waals surface area contributed by atoms with E-state index in [1.54, 1.807) is 49.4 Å².